The Morgan fingerprint density at radius 2 is 1.81 bits per heavy atom. The number of carboxylic acid groups (broad SMARTS) is 1. The number of carbonyl (C=O) groups excluding carboxylic acids is 1. The van der Waals surface area contributed by atoms with E-state index in [1.54, 1.807) is 11.7 Å². The Bertz CT molecular complexity index is 912. The van der Waals surface area contributed by atoms with E-state index < -0.39 is 11.7 Å². The van der Waals surface area contributed by atoms with Crippen LogP contribution < -0.4 is 10.2 Å². The molecule has 2 amide bonds. The van der Waals surface area contributed by atoms with Crippen LogP contribution in [0.25, 0.3) is 0 Å². The molecule has 0 radical (unpaired) electrons. The summed E-state index contributed by atoms with van der Waals surface area (Å²) in [5, 5.41) is 28.0. The Morgan fingerprint density at radius 3 is 2.38 bits per heavy atom. The molecule has 5 fully saturated rings. The van der Waals surface area contributed by atoms with Gasteiger partial charge in [-0.1, -0.05) is 11.6 Å². The van der Waals surface area contributed by atoms with Crippen molar-refractivity contribution in [2.75, 3.05) is 25.0 Å². The van der Waals surface area contributed by atoms with Crippen molar-refractivity contribution in [2.45, 2.75) is 62.6 Å². The number of likely N-dealkylation sites (tertiary alicyclic amines) is 1. The second-order valence-electron chi connectivity index (χ2n) is 10.4. The molecular weight excluding hydrogens is 434 g/mol. The molecular formula is C22H32ClN5O4. The quantitative estimate of drug-likeness (QED) is 0.629. The zero-order valence-corrected chi connectivity index (χ0v) is 19.4. The van der Waals surface area contributed by atoms with Gasteiger partial charge in [0.05, 0.1) is 5.60 Å². The van der Waals surface area contributed by atoms with Gasteiger partial charge in [0.1, 0.15) is 10.8 Å². The lowest BCUT2D eigenvalue weighted by atomic mass is 9.52. The van der Waals surface area contributed by atoms with Gasteiger partial charge in [0.2, 0.25) is 0 Å². The number of hydrogen-bond donors (Lipinski definition) is 3. The number of rotatable bonds is 4. The van der Waals surface area contributed by atoms with Gasteiger partial charge < -0.3 is 25.3 Å². The lowest BCUT2D eigenvalue weighted by Crippen LogP contribution is -2.61. The molecule has 4 saturated carbocycles. The van der Waals surface area contributed by atoms with Crippen LogP contribution in [-0.4, -0.2) is 74.7 Å². The van der Waals surface area contributed by atoms with Gasteiger partial charge in [-0.25, -0.2) is 4.79 Å². The van der Waals surface area contributed by atoms with E-state index >= 15 is 0 Å². The minimum absolute atomic E-state index is 0.0684. The van der Waals surface area contributed by atoms with Crippen molar-refractivity contribution in [2.24, 2.45) is 24.8 Å². The van der Waals surface area contributed by atoms with Crippen LogP contribution in [0.15, 0.2) is 0 Å². The number of nitrogens with one attached hydrogen (secondary N) is 1. The molecule has 0 aromatic carbocycles. The molecule has 4 aliphatic carbocycles. The van der Waals surface area contributed by atoms with Crippen LogP contribution in [-0.2, 0) is 7.05 Å². The summed E-state index contributed by atoms with van der Waals surface area (Å²) >= 11 is 6.68. The first-order valence-electron chi connectivity index (χ1n) is 11.6. The van der Waals surface area contributed by atoms with Crippen LogP contribution in [0, 0.1) is 17.8 Å². The molecule has 1 saturated heterocycles. The van der Waals surface area contributed by atoms with Gasteiger partial charge >= 0.3 is 6.09 Å². The van der Waals surface area contributed by atoms with Gasteiger partial charge in [0, 0.05) is 39.3 Å². The first-order valence-corrected chi connectivity index (χ1v) is 12.0. The highest BCUT2D eigenvalue weighted by Gasteiger charge is 2.55. The molecule has 1 aromatic rings. The first-order chi connectivity index (χ1) is 15.1. The minimum atomic E-state index is -0.888. The number of carbonyl (C=O) groups is 2. The Morgan fingerprint density at radius 1 is 1.19 bits per heavy atom. The highest BCUT2D eigenvalue weighted by Crippen LogP contribution is 2.55. The molecule has 6 rings (SSSR count). The van der Waals surface area contributed by atoms with Crippen molar-refractivity contribution in [1.82, 2.24) is 20.0 Å². The summed E-state index contributed by atoms with van der Waals surface area (Å²) in [6, 6.07) is 0.193. The van der Waals surface area contributed by atoms with E-state index in [4.69, 9.17) is 11.6 Å². The number of hydrogen-bond acceptors (Lipinski definition) is 5. The number of halogens is 1. The lowest BCUT2D eigenvalue weighted by molar-refractivity contribution is -0.136. The second-order valence-corrected chi connectivity index (χ2v) is 10.8. The average molecular weight is 466 g/mol. The van der Waals surface area contributed by atoms with E-state index in [1.807, 2.05) is 11.9 Å². The first kappa shape index (κ1) is 21.8. The molecule has 2 unspecified atom stereocenters. The molecule has 0 spiro atoms. The summed E-state index contributed by atoms with van der Waals surface area (Å²) in [4.78, 5) is 27.8. The molecule has 5 aliphatic rings. The fourth-order valence-corrected chi connectivity index (χ4v) is 7.45. The molecule has 1 aliphatic heterocycles. The number of aryl methyl sites for hydroxylation is 1. The number of aliphatic hydroxyl groups is 1. The van der Waals surface area contributed by atoms with Gasteiger partial charge in [0.25, 0.3) is 5.91 Å². The summed E-state index contributed by atoms with van der Waals surface area (Å²) in [6.45, 7) is 0.954. The van der Waals surface area contributed by atoms with Crippen molar-refractivity contribution in [3.63, 3.8) is 0 Å². The molecule has 2 atom stereocenters. The van der Waals surface area contributed by atoms with Crippen LogP contribution in [0.1, 0.15) is 55.4 Å². The van der Waals surface area contributed by atoms with Gasteiger partial charge in [0.15, 0.2) is 5.69 Å². The number of piperidine rings is 1. The van der Waals surface area contributed by atoms with Gasteiger partial charge in [-0.2, -0.15) is 5.10 Å². The minimum Gasteiger partial charge on any atom is -0.465 e. The van der Waals surface area contributed by atoms with Crippen LogP contribution in [0.2, 0.25) is 5.02 Å². The van der Waals surface area contributed by atoms with E-state index in [0.717, 1.165) is 32.1 Å². The van der Waals surface area contributed by atoms with E-state index in [0.29, 0.717) is 54.5 Å². The Balaban J connectivity index is 1.29. The van der Waals surface area contributed by atoms with Gasteiger partial charge in [-0.15, -0.1) is 0 Å². The summed E-state index contributed by atoms with van der Waals surface area (Å²) in [7, 11) is 3.70. The van der Waals surface area contributed by atoms with Gasteiger partial charge in [-0.3, -0.25) is 9.48 Å². The normalized spacial score (nSPS) is 34.1. The van der Waals surface area contributed by atoms with Crippen LogP contribution in [0.4, 0.5) is 10.6 Å². The van der Waals surface area contributed by atoms with Gasteiger partial charge in [-0.05, 0) is 62.7 Å². The smallest absolute Gasteiger partial charge is 0.407 e. The summed E-state index contributed by atoms with van der Waals surface area (Å²) in [5.74, 6) is 1.63. The molecule has 10 heteroatoms. The Hall–Kier alpha value is -2.00. The number of anilines is 1. The average Bonchev–Trinajstić information content (AvgIpc) is 3.03. The number of amides is 2. The van der Waals surface area contributed by atoms with E-state index in [2.05, 4.69) is 10.4 Å². The van der Waals surface area contributed by atoms with E-state index in [1.165, 1.54) is 4.90 Å². The Kier molecular flexibility index (Phi) is 5.32. The van der Waals surface area contributed by atoms with Crippen molar-refractivity contribution in [3.8, 4) is 0 Å². The third-order valence-corrected chi connectivity index (χ3v) is 8.68. The molecule has 4 bridgehead atoms. The van der Waals surface area contributed by atoms with E-state index in [-0.39, 0.29) is 23.7 Å². The highest BCUT2D eigenvalue weighted by molar-refractivity contribution is 6.36. The third-order valence-electron chi connectivity index (χ3n) is 8.33. The monoisotopic (exact) mass is 465 g/mol. The third kappa shape index (κ3) is 3.63. The molecule has 3 N–H and O–H groups in total. The summed E-state index contributed by atoms with van der Waals surface area (Å²) in [5.41, 5.74) is -0.307. The zero-order valence-electron chi connectivity index (χ0n) is 18.6. The second kappa shape index (κ2) is 7.80. The maximum Gasteiger partial charge on any atom is 0.407 e. The lowest BCUT2D eigenvalue weighted by Gasteiger charge is -2.58. The molecule has 1 aromatic heterocycles. The predicted octanol–water partition coefficient (Wildman–Crippen LogP) is 2.32. The van der Waals surface area contributed by atoms with Crippen LogP contribution in [0.3, 0.4) is 0 Å². The maximum absolute atomic E-state index is 13.2. The van der Waals surface area contributed by atoms with Crippen molar-refractivity contribution in [1.29, 1.82) is 0 Å². The Labute approximate surface area is 192 Å². The number of aromatic nitrogens is 2. The fourth-order valence-electron chi connectivity index (χ4n) is 7.07. The SMILES string of the molecule is CN(c1c(Cl)c(C(=O)NC2C3CC4CC2CC(O)(C4)C3)nn1C)C1CCN(C(=O)O)CC1. The number of nitrogens with zero attached hydrogens (tertiary/aromatic N) is 4. The molecule has 32 heavy (non-hydrogen) atoms. The zero-order chi connectivity index (χ0) is 22.8. The topological polar surface area (TPSA) is 111 Å². The van der Waals surface area contributed by atoms with Crippen molar-refractivity contribution < 1.29 is 19.8 Å². The maximum atomic E-state index is 13.2. The predicted molar refractivity (Wildman–Crippen MR) is 119 cm³/mol. The molecule has 176 valence electrons. The summed E-state index contributed by atoms with van der Waals surface area (Å²) in [6.07, 6.45) is 5.09. The van der Waals surface area contributed by atoms with Crippen molar-refractivity contribution >= 4 is 29.4 Å². The molecule has 2 heterocycles. The van der Waals surface area contributed by atoms with Crippen molar-refractivity contribution in [3.05, 3.63) is 10.7 Å². The van der Waals surface area contributed by atoms with Crippen LogP contribution >= 0.6 is 11.6 Å². The van der Waals surface area contributed by atoms with Crippen LogP contribution in [0.5, 0.6) is 0 Å². The van der Waals surface area contributed by atoms with E-state index in [9.17, 15) is 19.8 Å². The largest absolute Gasteiger partial charge is 0.465 e. The fraction of sp³-hybridized carbons (Fsp3) is 0.773. The highest BCUT2D eigenvalue weighted by atomic mass is 35.5. The standard InChI is InChI=1S/C22H32ClN5O4/c1-26(15-3-5-28(6-4-15)21(30)31)20-16(23)18(25-27(20)2)19(29)24-17-13-7-12-8-14(17)11-22(32,9-12)10-13/h12-15,17,32H,3-11H2,1-2H3,(H,24,29)(H,30,31). The summed E-state index contributed by atoms with van der Waals surface area (Å²) < 4.78 is 1.64. The molecule has 9 nitrogen and oxygen atoms in total.